The van der Waals surface area contributed by atoms with Crippen molar-refractivity contribution in [3.8, 4) is 5.69 Å². The molecule has 1 aromatic heterocycles. The summed E-state index contributed by atoms with van der Waals surface area (Å²) in [7, 11) is 0. The fourth-order valence-corrected chi connectivity index (χ4v) is 1.58. The molecule has 2 aromatic rings. The summed E-state index contributed by atoms with van der Waals surface area (Å²) in [5.74, 6) is 0. The maximum absolute atomic E-state index is 9.24. The van der Waals surface area contributed by atoms with Crippen molar-refractivity contribution in [2.45, 2.75) is 20.1 Å². The van der Waals surface area contributed by atoms with E-state index in [1.807, 2.05) is 31.2 Å². The molecule has 5 heteroatoms. The molecule has 0 amide bonds. The topological polar surface area (TPSA) is 71.2 Å². The molecular formula is C11H13N3O2. The van der Waals surface area contributed by atoms with Crippen molar-refractivity contribution in [3.63, 3.8) is 0 Å². The number of hydrogen-bond acceptors (Lipinski definition) is 4. The molecule has 0 spiro atoms. The summed E-state index contributed by atoms with van der Waals surface area (Å²) in [6.07, 6.45) is 0. The molecule has 0 saturated heterocycles. The molecule has 0 radical (unpaired) electrons. The van der Waals surface area contributed by atoms with E-state index in [4.69, 9.17) is 5.11 Å². The van der Waals surface area contributed by atoms with E-state index in [2.05, 4.69) is 10.3 Å². The Morgan fingerprint density at radius 3 is 2.69 bits per heavy atom. The zero-order chi connectivity index (χ0) is 11.5. The van der Waals surface area contributed by atoms with Gasteiger partial charge in [-0.25, -0.2) is 4.68 Å². The Kier molecular flexibility index (Phi) is 2.98. The lowest BCUT2D eigenvalue weighted by molar-refractivity contribution is 0.253. The van der Waals surface area contributed by atoms with Crippen molar-refractivity contribution in [2.75, 3.05) is 0 Å². The highest BCUT2D eigenvalue weighted by molar-refractivity contribution is 5.36. The van der Waals surface area contributed by atoms with Crippen LogP contribution in [0.3, 0.4) is 0 Å². The van der Waals surface area contributed by atoms with Gasteiger partial charge in [0.1, 0.15) is 5.69 Å². The van der Waals surface area contributed by atoms with Gasteiger partial charge in [-0.05, 0) is 24.6 Å². The predicted molar refractivity (Wildman–Crippen MR) is 57.9 cm³/mol. The fraction of sp³-hybridized carbons (Fsp3) is 0.273. The zero-order valence-corrected chi connectivity index (χ0v) is 8.96. The lowest BCUT2D eigenvalue weighted by Gasteiger charge is -2.05. The van der Waals surface area contributed by atoms with Crippen LogP contribution in [0.15, 0.2) is 24.3 Å². The standard InChI is InChI=1S/C11H13N3O2/c1-8-3-2-4-9(5-8)14-11(7-16)10(6-15)12-13-14/h2-5,15-16H,6-7H2,1H3. The van der Waals surface area contributed by atoms with Gasteiger partial charge in [0.25, 0.3) is 0 Å². The van der Waals surface area contributed by atoms with Gasteiger partial charge >= 0.3 is 0 Å². The van der Waals surface area contributed by atoms with Crippen molar-refractivity contribution in [1.82, 2.24) is 15.0 Å². The first-order chi connectivity index (χ1) is 7.76. The van der Waals surface area contributed by atoms with Crippen LogP contribution in [-0.2, 0) is 13.2 Å². The molecule has 1 heterocycles. The minimum atomic E-state index is -0.221. The highest BCUT2D eigenvalue weighted by Gasteiger charge is 2.12. The van der Waals surface area contributed by atoms with Gasteiger partial charge in [0.2, 0.25) is 0 Å². The largest absolute Gasteiger partial charge is 0.390 e. The summed E-state index contributed by atoms with van der Waals surface area (Å²) in [6, 6.07) is 7.70. The van der Waals surface area contributed by atoms with Crippen molar-refractivity contribution in [1.29, 1.82) is 0 Å². The van der Waals surface area contributed by atoms with Gasteiger partial charge < -0.3 is 10.2 Å². The molecule has 0 aliphatic heterocycles. The Morgan fingerprint density at radius 2 is 2.06 bits per heavy atom. The van der Waals surface area contributed by atoms with Crippen molar-refractivity contribution < 1.29 is 10.2 Å². The van der Waals surface area contributed by atoms with Crippen LogP contribution in [0.5, 0.6) is 0 Å². The van der Waals surface area contributed by atoms with Gasteiger partial charge in [0.05, 0.1) is 24.6 Å². The molecule has 0 saturated carbocycles. The second-order valence-electron chi connectivity index (χ2n) is 3.55. The summed E-state index contributed by atoms with van der Waals surface area (Å²) in [6.45, 7) is 1.56. The summed E-state index contributed by atoms with van der Waals surface area (Å²) in [5.41, 5.74) is 2.86. The summed E-state index contributed by atoms with van der Waals surface area (Å²) >= 11 is 0. The maximum atomic E-state index is 9.24. The lowest BCUT2D eigenvalue weighted by atomic mass is 10.2. The molecule has 0 atom stereocenters. The van der Waals surface area contributed by atoms with E-state index in [0.29, 0.717) is 11.4 Å². The zero-order valence-electron chi connectivity index (χ0n) is 8.96. The average molecular weight is 219 g/mol. The Bertz CT molecular complexity index is 494. The molecule has 84 valence electrons. The molecule has 0 aliphatic rings. The molecule has 1 aromatic carbocycles. The van der Waals surface area contributed by atoms with Gasteiger partial charge in [0.15, 0.2) is 0 Å². The van der Waals surface area contributed by atoms with Crippen LogP contribution in [-0.4, -0.2) is 25.2 Å². The Labute approximate surface area is 93.0 Å². The molecule has 0 fully saturated rings. The third-order valence-electron chi connectivity index (χ3n) is 2.39. The fourth-order valence-electron chi connectivity index (χ4n) is 1.58. The van der Waals surface area contributed by atoms with Crippen LogP contribution < -0.4 is 0 Å². The predicted octanol–water partition coefficient (Wildman–Crippen LogP) is 0.560. The Hall–Kier alpha value is -1.72. The minimum Gasteiger partial charge on any atom is -0.390 e. The lowest BCUT2D eigenvalue weighted by Crippen LogP contribution is -2.03. The van der Waals surface area contributed by atoms with Crippen LogP contribution in [0.25, 0.3) is 5.69 Å². The number of aliphatic hydroxyl groups excluding tert-OH is 2. The first-order valence-electron chi connectivity index (χ1n) is 4.98. The smallest absolute Gasteiger partial charge is 0.114 e. The van der Waals surface area contributed by atoms with Gasteiger partial charge in [0, 0.05) is 0 Å². The number of rotatable bonds is 3. The van der Waals surface area contributed by atoms with E-state index >= 15 is 0 Å². The first kappa shape index (κ1) is 10.8. The summed E-state index contributed by atoms with van der Waals surface area (Å²) in [4.78, 5) is 0. The number of hydrogen-bond donors (Lipinski definition) is 2. The SMILES string of the molecule is Cc1cccc(-n2nnc(CO)c2CO)c1. The third-order valence-corrected chi connectivity index (χ3v) is 2.39. The second-order valence-corrected chi connectivity index (χ2v) is 3.55. The molecule has 0 bridgehead atoms. The Morgan fingerprint density at radius 1 is 1.25 bits per heavy atom. The Balaban J connectivity index is 2.51. The van der Waals surface area contributed by atoms with Crippen LogP contribution in [0.2, 0.25) is 0 Å². The van der Waals surface area contributed by atoms with E-state index < -0.39 is 0 Å². The highest BCUT2D eigenvalue weighted by atomic mass is 16.3. The monoisotopic (exact) mass is 219 g/mol. The molecule has 16 heavy (non-hydrogen) atoms. The molecule has 0 unspecified atom stereocenters. The number of benzene rings is 1. The van der Waals surface area contributed by atoms with Crippen LogP contribution in [0.4, 0.5) is 0 Å². The number of aryl methyl sites for hydroxylation is 1. The van der Waals surface area contributed by atoms with Gasteiger partial charge in [-0.15, -0.1) is 5.10 Å². The van der Waals surface area contributed by atoms with Crippen LogP contribution in [0, 0.1) is 6.92 Å². The van der Waals surface area contributed by atoms with E-state index in [-0.39, 0.29) is 13.2 Å². The molecular weight excluding hydrogens is 206 g/mol. The molecule has 5 nitrogen and oxygen atoms in total. The van der Waals surface area contributed by atoms with E-state index in [9.17, 15) is 5.11 Å². The quantitative estimate of drug-likeness (QED) is 0.791. The maximum Gasteiger partial charge on any atom is 0.114 e. The number of nitrogens with zero attached hydrogens (tertiary/aromatic N) is 3. The van der Waals surface area contributed by atoms with Crippen LogP contribution >= 0.6 is 0 Å². The van der Waals surface area contributed by atoms with Crippen molar-refractivity contribution in [3.05, 3.63) is 41.2 Å². The number of aromatic nitrogens is 3. The van der Waals surface area contributed by atoms with Gasteiger partial charge in [-0.3, -0.25) is 0 Å². The van der Waals surface area contributed by atoms with E-state index in [1.54, 1.807) is 4.68 Å². The normalized spacial score (nSPS) is 10.7. The minimum absolute atomic E-state index is 0.198. The van der Waals surface area contributed by atoms with Crippen molar-refractivity contribution in [2.24, 2.45) is 0 Å². The highest BCUT2D eigenvalue weighted by Crippen LogP contribution is 2.14. The van der Waals surface area contributed by atoms with Gasteiger partial charge in [-0.1, -0.05) is 17.3 Å². The third kappa shape index (κ3) is 1.82. The molecule has 2 rings (SSSR count). The average Bonchev–Trinajstić information content (AvgIpc) is 2.71. The number of aliphatic hydroxyl groups is 2. The second kappa shape index (κ2) is 4.42. The summed E-state index contributed by atoms with van der Waals surface area (Å²) in [5, 5.41) is 26.0. The van der Waals surface area contributed by atoms with Crippen LogP contribution in [0.1, 0.15) is 17.0 Å². The molecule has 2 N–H and O–H groups in total. The van der Waals surface area contributed by atoms with Crippen molar-refractivity contribution >= 4 is 0 Å². The molecule has 0 aliphatic carbocycles. The van der Waals surface area contributed by atoms with E-state index in [1.165, 1.54) is 0 Å². The first-order valence-corrected chi connectivity index (χ1v) is 4.98. The van der Waals surface area contributed by atoms with Gasteiger partial charge in [-0.2, -0.15) is 0 Å². The van der Waals surface area contributed by atoms with E-state index in [0.717, 1.165) is 11.3 Å². The summed E-state index contributed by atoms with van der Waals surface area (Å²) < 4.78 is 1.54.